The fourth-order valence-corrected chi connectivity index (χ4v) is 6.98. The highest BCUT2D eigenvalue weighted by atomic mass is 16.4. The van der Waals surface area contributed by atoms with Crippen molar-refractivity contribution in [3.63, 3.8) is 0 Å². The molecule has 144 valence electrons. The van der Waals surface area contributed by atoms with E-state index in [4.69, 9.17) is 6.42 Å². The predicted molar refractivity (Wildman–Crippen MR) is 95.7 cm³/mol. The van der Waals surface area contributed by atoms with Gasteiger partial charge in [-0.3, -0.25) is 0 Å². The molecule has 10 atom stereocenters. The zero-order valence-corrected chi connectivity index (χ0v) is 15.5. The van der Waals surface area contributed by atoms with Crippen LogP contribution in [-0.4, -0.2) is 55.5 Å². The first-order valence-corrected chi connectivity index (χ1v) is 9.74. The van der Waals surface area contributed by atoms with Crippen LogP contribution in [0, 0.1) is 40.9 Å². The van der Waals surface area contributed by atoms with Crippen LogP contribution in [0.3, 0.4) is 0 Å². The Kier molecular flexibility index (Phi) is 3.95. The highest BCUT2D eigenvalue weighted by Crippen LogP contribution is 2.67. The Labute approximate surface area is 154 Å². The first-order chi connectivity index (χ1) is 12.1. The molecule has 0 bridgehead atoms. The molecule has 0 aliphatic heterocycles. The van der Waals surface area contributed by atoms with Crippen molar-refractivity contribution >= 4 is 0 Å². The molecule has 5 N–H and O–H groups in total. The largest absolute Gasteiger partial charge is 0.393 e. The Hall–Kier alpha value is -0.900. The maximum absolute atomic E-state index is 11.0. The third-order valence-corrected chi connectivity index (χ3v) is 8.57. The smallest absolute Gasteiger partial charge is 0.159 e. The van der Waals surface area contributed by atoms with Gasteiger partial charge in [-0.1, -0.05) is 31.4 Å². The second-order valence-electron chi connectivity index (χ2n) is 9.51. The average Bonchev–Trinajstić information content (AvgIpc) is 2.75. The summed E-state index contributed by atoms with van der Waals surface area (Å²) in [7, 11) is 0. The van der Waals surface area contributed by atoms with Crippen molar-refractivity contribution < 1.29 is 25.5 Å². The molecule has 3 fully saturated rings. The number of rotatable bonds is 0. The highest BCUT2D eigenvalue weighted by molar-refractivity contribution is 5.33. The maximum atomic E-state index is 11.0. The Morgan fingerprint density at radius 1 is 1.12 bits per heavy atom. The summed E-state index contributed by atoms with van der Waals surface area (Å²) in [5.74, 6) is 1.74. The molecule has 0 saturated heterocycles. The van der Waals surface area contributed by atoms with Crippen LogP contribution < -0.4 is 0 Å². The summed E-state index contributed by atoms with van der Waals surface area (Å²) >= 11 is 0. The molecule has 5 nitrogen and oxygen atoms in total. The van der Waals surface area contributed by atoms with Crippen LogP contribution in [0.2, 0.25) is 0 Å². The van der Waals surface area contributed by atoms with Crippen molar-refractivity contribution in [3.8, 4) is 12.3 Å². The van der Waals surface area contributed by atoms with Crippen LogP contribution in [0.1, 0.15) is 46.0 Å². The predicted octanol–water partition coefficient (Wildman–Crippen LogP) is 0.587. The van der Waals surface area contributed by atoms with E-state index in [1.54, 1.807) is 0 Å². The summed E-state index contributed by atoms with van der Waals surface area (Å²) in [6.07, 6.45) is 7.22. The van der Waals surface area contributed by atoms with Gasteiger partial charge in [-0.15, -0.1) is 6.42 Å². The molecule has 0 amide bonds. The Bertz CT molecular complexity index is 682. The molecule has 4 rings (SSSR count). The van der Waals surface area contributed by atoms with E-state index in [-0.39, 0.29) is 23.4 Å². The summed E-state index contributed by atoms with van der Waals surface area (Å²) in [5.41, 5.74) is -1.67. The summed E-state index contributed by atoms with van der Waals surface area (Å²) in [5, 5.41) is 53.4. The van der Waals surface area contributed by atoms with Crippen molar-refractivity contribution in [2.45, 2.75) is 76.0 Å². The molecule has 5 unspecified atom stereocenters. The molecule has 0 heterocycles. The zero-order chi connectivity index (χ0) is 19.1. The van der Waals surface area contributed by atoms with Crippen LogP contribution in [0.5, 0.6) is 0 Å². The number of aliphatic hydroxyl groups is 5. The van der Waals surface area contributed by atoms with Crippen molar-refractivity contribution in [1.29, 1.82) is 0 Å². The molecule has 26 heavy (non-hydrogen) atoms. The molecule has 0 radical (unpaired) electrons. The number of hydrogen-bond donors (Lipinski definition) is 5. The quantitative estimate of drug-likeness (QED) is 0.321. The molecule has 0 aromatic rings. The van der Waals surface area contributed by atoms with Gasteiger partial charge in [0.25, 0.3) is 0 Å². The van der Waals surface area contributed by atoms with Crippen LogP contribution >= 0.6 is 0 Å². The number of fused-ring (bicyclic) bond motifs is 5. The van der Waals surface area contributed by atoms with Gasteiger partial charge in [-0.05, 0) is 49.4 Å². The van der Waals surface area contributed by atoms with Gasteiger partial charge < -0.3 is 25.5 Å². The van der Waals surface area contributed by atoms with Crippen LogP contribution in [-0.2, 0) is 0 Å². The molecule has 0 aromatic heterocycles. The number of terminal acetylenes is 1. The molecular weight excluding hydrogens is 332 g/mol. The van der Waals surface area contributed by atoms with Crippen LogP contribution in [0.4, 0.5) is 0 Å². The van der Waals surface area contributed by atoms with E-state index in [0.717, 1.165) is 24.8 Å². The fraction of sp³-hybridized carbons (Fsp3) is 0.810. The van der Waals surface area contributed by atoms with Crippen LogP contribution in [0.25, 0.3) is 0 Å². The Morgan fingerprint density at radius 2 is 1.81 bits per heavy atom. The molecule has 4 aliphatic carbocycles. The van der Waals surface area contributed by atoms with Gasteiger partial charge in [0, 0.05) is 11.3 Å². The zero-order valence-electron chi connectivity index (χ0n) is 15.5. The lowest BCUT2D eigenvalue weighted by atomic mass is 9.46. The molecular formula is C21H30O5. The Morgan fingerprint density at radius 3 is 2.46 bits per heavy atom. The van der Waals surface area contributed by atoms with Gasteiger partial charge >= 0.3 is 0 Å². The monoisotopic (exact) mass is 362 g/mol. The minimum atomic E-state index is -1.80. The van der Waals surface area contributed by atoms with Crippen molar-refractivity contribution in [3.05, 3.63) is 11.6 Å². The third-order valence-electron chi connectivity index (χ3n) is 8.57. The number of hydrogen-bond acceptors (Lipinski definition) is 5. The minimum absolute atomic E-state index is 0.130. The van der Waals surface area contributed by atoms with Crippen molar-refractivity contribution in [2.75, 3.05) is 0 Å². The Balaban J connectivity index is 1.81. The van der Waals surface area contributed by atoms with E-state index in [1.807, 2.05) is 13.0 Å². The van der Waals surface area contributed by atoms with Crippen molar-refractivity contribution in [1.82, 2.24) is 0 Å². The second kappa shape index (κ2) is 5.56. The van der Waals surface area contributed by atoms with Gasteiger partial charge in [0.2, 0.25) is 0 Å². The lowest BCUT2D eigenvalue weighted by Gasteiger charge is -2.59. The van der Waals surface area contributed by atoms with E-state index in [9.17, 15) is 25.5 Å². The third kappa shape index (κ3) is 2.00. The number of aliphatic hydroxyl groups excluding tert-OH is 4. The molecule has 0 spiro atoms. The SMILES string of the molecule is C#C[C@]1(O)[C@H](O)C(O)C2C3C(O)C=C4C[C@H](O)CC[C@]4(C)C3CC[C@@]21C. The van der Waals surface area contributed by atoms with Gasteiger partial charge in [0.1, 0.15) is 6.10 Å². The van der Waals surface area contributed by atoms with E-state index >= 15 is 0 Å². The van der Waals surface area contributed by atoms with Gasteiger partial charge in [0.05, 0.1) is 18.3 Å². The summed E-state index contributed by atoms with van der Waals surface area (Å²) in [4.78, 5) is 0. The second-order valence-corrected chi connectivity index (χ2v) is 9.51. The average molecular weight is 362 g/mol. The standard InChI is InChI=1S/C21H30O5/c1-4-21(26)18(25)17(24)16-15-13(6-8-20(16,21)3)19(2)7-5-12(22)9-11(19)10-14(15)23/h1,10,12-18,22-26H,5-9H2,2-3H3/t12-,13?,14?,15?,16?,17?,18-,19+,20+,21+/m1/s1. The molecule has 5 heteroatoms. The molecule has 3 saturated carbocycles. The van der Waals surface area contributed by atoms with E-state index in [1.165, 1.54) is 0 Å². The van der Waals surface area contributed by atoms with Gasteiger partial charge in [0.15, 0.2) is 5.60 Å². The first-order valence-electron chi connectivity index (χ1n) is 9.74. The minimum Gasteiger partial charge on any atom is -0.393 e. The molecule has 4 aliphatic rings. The van der Waals surface area contributed by atoms with Gasteiger partial charge in [-0.2, -0.15) is 0 Å². The van der Waals surface area contributed by atoms with Crippen molar-refractivity contribution in [2.24, 2.45) is 28.6 Å². The first kappa shape index (κ1) is 18.5. The topological polar surface area (TPSA) is 101 Å². The van der Waals surface area contributed by atoms with E-state index in [2.05, 4.69) is 12.8 Å². The lowest BCUT2D eigenvalue weighted by molar-refractivity contribution is -0.139. The molecule has 0 aromatic carbocycles. The maximum Gasteiger partial charge on any atom is 0.159 e. The van der Waals surface area contributed by atoms with E-state index in [0.29, 0.717) is 12.8 Å². The van der Waals surface area contributed by atoms with Crippen LogP contribution in [0.15, 0.2) is 11.6 Å². The summed E-state index contributed by atoms with van der Waals surface area (Å²) < 4.78 is 0. The summed E-state index contributed by atoms with van der Waals surface area (Å²) in [6, 6.07) is 0. The van der Waals surface area contributed by atoms with Gasteiger partial charge in [-0.25, -0.2) is 0 Å². The van der Waals surface area contributed by atoms with E-state index < -0.39 is 35.2 Å². The normalized spacial score (nSPS) is 58.8. The summed E-state index contributed by atoms with van der Waals surface area (Å²) in [6.45, 7) is 4.04. The lowest BCUT2D eigenvalue weighted by Crippen LogP contribution is -2.58. The highest BCUT2D eigenvalue weighted by Gasteiger charge is 2.71. The fourth-order valence-electron chi connectivity index (χ4n) is 6.98.